The SMILES string of the molecule is CN(C)c1nc(NC2CCC(NC(=O)c3ccc(Cl)s3)CC2)nc2ccccc12. The highest BCUT2D eigenvalue weighted by molar-refractivity contribution is 7.18. The van der Waals surface area contributed by atoms with Gasteiger partial charge in [-0.15, -0.1) is 11.3 Å². The second-order valence-corrected chi connectivity index (χ2v) is 9.27. The lowest BCUT2D eigenvalue weighted by atomic mass is 9.91. The van der Waals surface area contributed by atoms with Crippen molar-refractivity contribution in [1.29, 1.82) is 0 Å². The Morgan fingerprint density at radius 3 is 2.48 bits per heavy atom. The fourth-order valence-electron chi connectivity index (χ4n) is 3.72. The maximum atomic E-state index is 12.3. The number of hydrogen-bond donors (Lipinski definition) is 2. The summed E-state index contributed by atoms with van der Waals surface area (Å²) in [6.45, 7) is 0. The first kappa shape index (κ1) is 19.9. The zero-order valence-electron chi connectivity index (χ0n) is 16.5. The Balaban J connectivity index is 1.38. The first-order valence-corrected chi connectivity index (χ1v) is 11.0. The standard InChI is InChI=1S/C21H24ClN5OS/c1-27(2)19-15-5-3-4-6-16(15)25-21(26-19)24-14-9-7-13(8-10-14)23-20(28)17-11-12-18(22)29-17/h3-6,11-14H,7-10H2,1-2H3,(H,23,28)(H,24,25,26). The number of para-hydroxylation sites is 1. The number of halogens is 1. The number of benzene rings is 1. The molecular weight excluding hydrogens is 406 g/mol. The molecule has 0 spiro atoms. The number of amides is 1. The maximum absolute atomic E-state index is 12.3. The van der Waals surface area contributed by atoms with Crippen molar-refractivity contribution in [2.75, 3.05) is 24.3 Å². The van der Waals surface area contributed by atoms with Crippen LogP contribution in [0.2, 0.25) is 4.34 Å². The minimum absolute atomic E-state index is 0.0354. The molecule has 152 valence electrons. The van der Waals surface area contributed by atoms with E-state index in [0.717, 1.165) is 42.4 Å². The van der Waals surface area contributed by atoms with Gasteiger partial charge in [-0.3, -0.25) is 4.79 Å². The average molecular weight is 430 g/mol. The maximum Gasteiger partial charge on any atom is 0.261 e. The van der Waals surface area contributed by atoms with Crippen molar-refractivity contribution in [3.63, 3.8) is 0 Å². The van der Waals surface area contributed by atoms with E-state index in [1.54, 1.807) is 12.1 Å². The van der Waals surface area contributed by atoms with Crippen molar-refractivity contribution in [1.82, 2.24) is 15.3 Å². The lowest BCUT2D eigenvalue weighted by Crippen LogP contribution is -2.40. The zero-order chi connectivity index (χ0) is 20.4. The molecule has 1 aromatic carbocycles. The van der Waals surface area contributed by atoms with E-state index < -0.39 is 0 Å². The minimum Gasteiger partial charge on any atom is -0.362 e. The highest BCUT2D eigenvalue weighted by Crippen LogP contribution is 2.27. The molecular formula is C21H24ClN5OS. The Morgan fingerprint density at radius 2 is 1.79 bits per heavy atom. The fraction of sp³-hybridized carbons (Fsp3) is 0.381. The summed E-state index contributed by atoms with van der Waals surface area (Å²) in [7, 11) is 3.99. The van der Waals surface area contributed by atoms with Crippen LogP contribution >= 0.6 is 22.9 Å². The molecule has 0 bridgehead atoms. The Kier molecular flexibility index (Phi) is 5.87. The average Bonchev–Trinajstić information content (AvgIpc) is 3.15. The van der Waals surface area contributed by atoms with Gasteiger partial charge in [0.1, 0.15) is 5.82 Å². The molecule has 1 amide bonds. The molecule has 0 unspecified atom stereocenters. The van der Waals surface area contributed by atoms with Gasteiger partial charge in [-0.1, -0.05) is 23.7 Å². The van der Waals surface area contributed by atoms with E-state index in [9.17, 15) is 4.79 Å². The predicted molar refractivity (Wildman–Crippen MR) is 120 cm³/mol. The van der Waals surface area contributed by atoms with Crippen LogP contribution in [-0.4, -0.2) is 42.1 Å². The molecule has 2 heterocycles. The third kappa shape index (κ3) is 4.62. The lowest BCUT2D eigenvalue weighted by Gasteiger charge is -2.29. The molecule has 1 aliphatic rings. The van der Waals surface area contributed by atoms with Gasteiger partial charge in [0.15, 0.2) is 0 Å². The minimum atomic E-state index is -0.0354. The van der Waals surface area contributed by atoms with Gasteiger partial charge in [0.05, 0.1) is 14.7 Å². The number of nitrogens with one attached hydrogen (secondary N) is 2. The largest absolute Gasteiger partial charge is 0.362 e. The second kappa shape index (κ2) is 8.55. The topological polar surface area (TPSA) is 70.2 Å². The number of nitrogens with zero attached hydrogens (tertiary/aromatic N) is 3. The van der Waals surface area contributed by atoms with Crippen LogP contribution in [-0.2, 0) is 0 Å². The molecule has 6 nitrogen and oxygen atoms in total. The summed E-state index contributed by atoms with van der Waals surface area (Å²) in [6.07, 6.45) is 3.78. The van der Waals surface area contributed by atoms with Crippen molar-refractivity contribution in [2.45, 2.75) is 37.8 Å². The molecule has 29 heavy (non-hydrogen) atoms. The summed E-state index contributed by atoms with van der Waals surface area (Å²) >= 11 is 7.24. The third-order valence-corrected chi connectivity index (χ3v) is 6.43. The van der Waals surface area contributed by atoms with Crippen LogP contribution in [0.5, 0.6) is 0 Å². The van der Waals surface area contributed by atoms with Crippen molar-refractivity contribution in [3.8, 4) is 0 Å². The van der Waals surface area contributed by atoms with Crippen molar-refractivity contribution >= 4 is 51.5 Å². The number of thiophene rings is 1. The number of aromatic nitrogens is 2. The summed E-state index contributed by atoms with van der Waals surface area (Å²) in [5.74, 6) is 1.54. The van der Waals surface area contributed by atoms with Crippen LogP contribution in [0, 0.1) is 0 Å². The van der Waals surface area contributed by atoms with Crippen LogP contribution in [0.1, 0.15) is 35.4 Å². The molecule has 0 aliphatic heterocycles. The molecule has 0 radical (unpaired) electrons. The third-order valence-electron chi connectivity index (χ3n) is 5.20. The fourth-order valence-corrected chi connectivity index (χ4v) is 4.67. The molecule has 3 aromatic rings. The number of hydrogen-bond acceptors (Lipinski definition) is 6. The Hall–Kier alpha value is -2.38. The van der Waals surface area contributed by atoms with Crippen molar-refractivity contribution in [3.05, 3.63) is 45.6 Å². The number of anilines is 2. The van der Waals surface area contributed by atoms with E-state index in [0.29, 0.717) is 21.2 Å². The van der Waals surface area contributed by atoms with Crippen LogP contribution in [0.4, 0.5) is 11.8 Å². The highest BCUT2D eigenvalue weighted by Gasteiger charge is 2.24. The summed E-state index contributed by atoms with van der Waals surface area (Å²) in [5.41, 5.74) is 0.934. The van der Waals surface area contributed by atoms with E-state index in [2.05, 4.69) is 10.6 Å². The summed E-state index contributed by atoms with van der Waals surface area (Å²) in [5, 5.41) is 7.67. The summed E-state index contributed by atoms with van der Waals surface area (Å²) in [6, 6.07) is 12.1. The normalized spacial score (nSPS) is 19.1. The van der Waals surface area contributed by atoms with Gasteiger partial charge in [-0.05, 0) is 49.9 Å². The molecule has 2 aromatic heterocycles. The van der Waals surface area contributed by atoms with Crippen LogP contribution in [0.3, 0.4) is 0 Å². The molecule has 4 rings (SSSR count). The number of carbonyl (C=O) groups is 1. The van der Waals surface area contributed by atoms with Gasteiger partial charge in [0, 0.05) is 31.6 Å². The highest BCUT2D eigenvalue weighted by atomic mass is 35.5. The van der Waals surface area contributed by atoms with Gasteiger partial charge in [-0.25, -0.2) is 4.98 Å². The van der Waals surface area contributed by atoms with Crippen LogP contribution < -0.4 is 15.5 Å². The van der Waals surface area contributed by atoms with Gasteiger partial charge in [0.2, 0.25) is 5.95 Å². The molecule has 0 saturated heterocycles. The van der Waals surface area contributed by atoms with E-state index in [1.165, 1.54) is 11.3 Å². The van der Waals surface area contributed by atoms with Crippen molar-refractivity contribution in [2.24, 2.45) is 0 Å². The number of fused-ring (bicyclic) bond motifs is 1. The molecule has 1 aliphatic carbocycles. The van der Waals surface area contributed by atoms with Gasteiger partial charge in [-0.2, -0.15) is 4.98 Å². The number of carbonyl (C=O) groups excluding carboxylic acids is 1. The molecule has 2 N–H and O–H groups in total. The van der Waals surface area contributed by atoms with Gasteiger partial charge in [0.25, 0.3) is 5.91 Å². The quantitative estimate of drug-likeness (QED) is 0.622. The van der Waals surface area contributed by atoms with Crippen molar-refractivity contribution < 1.29 is 4.79 Å². The van der Waals surface area contributed by atoms with Gasteiger partial charge < -0.3 is 15.5 Å². The van der Waals surface area contributed by atoms with Gasteiger partial charge >= 0.3 is 0 Å². The number of rotatable bonds is 5. The van der Waals surface area contributed by atoms with E-state index in [1.807, 2.05) is 43.3 Å². The monoisotopic (exact) mass is 429 g/mol. The molecule has 8 heteroatoms. The lowest BCUT2D eigenvalue weighted by molar-refractivity contribution is 0.0930. The molecule has 0 atom stereocenters. The second-order valence-electron chi connectivity index (χ2n) is 7.55. The van der Waals surface area contributed by atoms with Crippen LogP contribution in [0.25, 0.3) is 10.9 Å². The first-order chi connectivity index (χ1) is 14.0. The Bertz CT molecular complexity index is 1010. The molecule has 1 saturated carbocycles. The Morgan fingerprint density at radius 1 is 1.07 bits per heavy atom. The first-order valence-electron chi connectivity index (χ1n) is 9.76. The smallest absolute Gasteiger partial charge is 0.261 e. The summed E-state index contributed by atoms with van der Waals surface area (Å²) < 4.78 is 0.635. The van der Waals surface area contributed by atoms with E-state index >= 15 is 0 Å². The molecule has 1 fully saturated rings. The summed E-state index contributed by atoms with van der Waals surface area (Å²) in [4.78, 5) is 24.4. The van der Waals surface area contributed by atoms with E-state index in [4.69, 9.17) is 21.6 Å². The Labute approximate surface area is 179 Å². The van der Waals surface area contributed by atoms with Crippen LogP contribution in [0.15, 0.2) is 36.4 Å². The predicted octanol–water partition coefficient (Wildman–Crippen LogP) is 4.56. The zero-order valence-corrected chi connectivity index (χ0v) is 18.1. The van der Waals surface area contributed by atoms with E-state index in [-0.39, 0.29) is 11.9 Å².